The molecule has 0 spiro atoms. The Balaban J connectivity index is 3.06. The summed E-state index contributed by atoms with van der Waals surface area (Å²) in [5.41, 5.74) is 6.96. The fourth-order valence-corrected chi connectivity index (χ4v) is 1.01. The standard InChI is InChI=1S/C9H19N3O/c1-2-3-4-5-6-7-8-11-12-9(10)13/h8H,2-7H2,1H3,(H3,10,12,13). The van der Waals surface area contributed by atoms with Crippen LogP contribution in [0.2, 0.25) is 0 Å². The largest absolute Gasteiger partial charge is 0.350 e. The quantitative estimate of drug-likeness (QED) is 0.355. The molecule has 0 radical (unpaired) electrons. The Bertz CT molecular complexity index is 157. The summed E-state index contributed by atoms with van der Waals surface area (Å²) < 4.78 is 0. The molecule has 3 N–H and O–H groups in total. The van der Waals surface area contributed by atoms with Crippen molar-refractivity contribution in [3.05, 3.63) is 0 Å². The van der Waals surface area contributed by atoms with Crippen LogP contribution in [0.25, 0.3) is 0 Å². The van der Waals surface area contributed by atoms with Gasteiger partial charge < -0.3 is 5.73 Å². The number of primary amides is 1. The molecule has 4 heteroatoms. The van der Waals surface area contributed by atoms with E-state index in [4.69, 9.17) is 5.73 Å². The lowest BCUT2D eigenvalue weighted by atomic mass is 10.1. The van der Waals surface area contributed by atoms with Crippen molar-refractivity contribution in [3.63, 3.8) is 0 Å². The summed E-state index contributed by atoms with van der Waals surface area (Å²) in [4.78, 5) is 10.2. The van der Waals surface area contributed by atoms with Gasteiger partial charge in [-0.15, -0.1) is 0 Å². The Kier molecular flexibility index (Phi) is 8.30. The maximum absolute atomic E-state index is 10.2. The second-order valence-electron chi connectivity index (χ2n) is 2.99. The van der Waals surface area contributed by atoms with E-state index in [0.29, 0.717) is 0 Å². The van der Waals surface area contributed by atoms with Crippen molar-refractivity contribution in [2.45, 2.75) is 45.4 Å². The SMILES string of the molecule is CCCCCCCC=NNC(N)=O. The summed E-state index contributed by atoms with van der Waals surface area (Å²) in [6.45, 7) is 2.19. The first-order chi connectivity index (χ1) is 6.27. The van der Waals surface area contributed by atoms with Gasteiger partial charge in [-0.1, -0.05) is 32.6 Å². The van der Waals surface area contributed by atoms with E-state index in [1.165, 1.54) is 25.7 Å². The molecule has 0 fully saturated rings. The molecule has 0 aliphatic carbocycles. The molecule has 0 heterocycles. The first kappa shape index (κ1) is 11.9. The first-order valence-corrected chi connectivity index (χ1v) is 4.84. The van der Waals surface area contributed by atoms with Crippen LogP contribution < -0.4 is 11.2 Å². The average molecular weight is 185 g/mol. The number of hydrazone groups is 1. The Labute approximate surface area is 79.6 Å². The number of urea groups is 1. The van der Waals surface area contributed by atoms with Gasteiger partial charge in [0.2, 0.25) is 0 Å². The molecule has 0 atom stereocenters. The summed E-state index contributed by atoms with van der Waals surface area (Å²) in [5, 5.41) is 3.64. The van der Waals surface area contributed by atoms with Gasteiger partial charge in [-0.2, -0.15) is 5.10 Å². The number of nitrogens with one attached hydrogen (secondary N) is 1. The normalized spacial score (nSPS) is 10.5. The van der Waals surface area contributed by atoms with E-state index in [9.17, 15) is 4.79 Å². The third-order valence-corrected chi connectivity index (χ3v) is 1.70. The molecule has 0 bridgehead atoms. The van der Waals surface area contributed by atoms with E-state index in [1.54, 1.807) is 6.21 Å². The van der Waals surface area contributed by atoms with Gasteiger partial charge in [0.25, 0.3) is 0 Å². The highest BCUT2D eigenvalue weighted by molar-refractivity contribution is 5.72. The summed E-state index contributed by atoms with van der Waals surface area (Å²) in [6.07, 6.45) is 8.81. The Morgan fingerprint density at radius 1 is 1.38 bits per heavy atom. The molecular weight excluding hydrogens is 166 g/mol. The van der Waals surface area contributed by atoms with Crippen LogP contribution in [0.1, 0.15) is 45.4 Å². The molecule has 4 nitrogen and oxygen atoms in total. The van der Waals surface area contributed by atoms with Crippen LogP contribution >= 0.6 is 0 Å². The zero-order chi connectivity index (χ0) is 9.94. The lowest BCUT2D eigenvalue weighted by Crippen LogP contribution is -2.24. The van der Waals surface area contributed by atoms with Crippen molar-refractivity contribution in [2.75, 3.05) is 0 Å². The molecule has 0 saturated heterocycles. The molecule has 0 aliphatic rings. The minimum absolute atomic E-state index is 0.609. The Hall–Kier alpha value is -1.06. The maximum atomic E-state index is 10.2. The van der Waals surface area contributed by atoms with Gasteiger partial charge in [0.05, 0.1) is 0 Å². The van der Waals surface area contributed by atoms with Gasteiger partial charge in [-0.3, -0.25) is 0 Å². The number of nitrogens with two attached hydrogens (primary N) is 1. The van der Waals surface area contributed by atoms with Crippen molar-refractivity contribution in [1.29, 1.82) is 0 Å². The molecule has 0 unspecified atom stereocenters. The monoisotopic (exact) mass is 185 g/mol. The molecule has 2 amide bonds. The topological polar surface area (TPSA) is 67.5 Å². The second-order valence-corrected chi connectivity index (χ2v) is 2.99. The van der Waals surface area contributed by atoms with Crippen LogP contribution in [0.15, 0.2) is 5.10 Å². The number of rotatable bonds is 7. The fraction of sp³-hybridized carbons (Fsp3) is 0.778. The highest BCUT2D eigenvalue weighted by Gasteiger charge is 1.87. The first-order valence-electron chi connectivity index (χ1n) is 4.84. The van der Waals surface area contributed by atoms with Gasteiger partial charge in [-0.05, 0) is 12.8 Å². The molecule has 76 valence electrons. The highest BCUT2D eigenvalue weighted by Crippen LogP contribution is 2.03. The number of hydrogen-bond acceptors (Lipinski definition) is 2. The minimum atomic E-state index is -0.609. The minimum Gasteiger partial charge on any atom is -0.350 e. The van der Waals surface area contributed by atoms with Crippen LogP contribution in [0.3, 0.4) is 0 Å². The maximum Gasteiger partial charge on any atom is 0.332 e. The second kappa shape index (κ2) is 9.03. The third kappa shape index (κ3) is 10.9. The van der Waals surface area contributed by atoms with Crippen LogP contribution in [0.4, 0.5) is 4.79 Å². The number of carbonyl (C=O) groups is 1. The number of unbranched alkanes of at least 4 members (excludes halogenated alkanes) is 5. The van der Waals surface area contributed by atoms with E-state index in [2.05, 4.69) is 17.5 Å². The third-order valence-electron chi connectivity index (χ3n) is 1.70. The lowest BCUT2D eigenvalue weighted by molar-refractivity contribution is 0.249. The van der Waals surface area contributed by atoms with E-state index >= 15 is 0 Å². The summed E-state index contributed by atoms with van der Waals surface area (Å²) in [6, 6.07) is -0.609. The van der Waals surface area contributed by atoms with Gasteiger partial charge in [0.15, 0.2) is 0 Å². The molecular formula is C9H19N3O. The molecule has 13 heavy (non-hydrogen) atoms. The lowest BCUT2D eigenvalue weighted by Gasteiger charge is -1.95. The zero-order valence-corrected chi connectivity index (χ0v) is 8.25. The molecule has 0 rings (SSSR count). The Morgan fingerprint density at radius 2 is 2.08 bits per heavy atom. The van der Waals surface area contributed by atoms with Crippen molar-refractivity contribution in [3.8, 4) is 0 Å². The summed E-state index contributed by atoms with van der Waals surface area (Å²) in [5.74, 6) is 0. The molecule has 0 aromatic carbocycles. The number of hydrogen-bond donors (Lipinski definition) is 2. The predicted octanol–water partition coefficient (Wildman–Crippen LogP) is 2.00. The van der Waals surface area contributed by atoms with Gasteiger partial charge >= 0.3 is 6.03 Å². The average Bonchev–Trinajstić information content (AvgIpc) is 2.09. The fourth-order valence-electron chi connectivity index (χ4n) is 1.01. The van der Waals surface area contributed by atoms with E-state index in [-0.39, 0.29) is 0 Å². The van der Waals surface area contributed by atoms with E-state index < -0.39 is 6.03 Å². The van der Waals surface area contributed by atoms with Crippen molar-refractivity contribution < 1.29 is 4.79 Å². The predicted molar refractivity (Wildman–Crippen MR) is 54.6 cm³/mol. The zero-order valence-electron chi connectivity index (χ0n) is 8.25. The van der Waals surface area contributed by atoms with E-state index in [0.717, 1.165) is 12.8 Å². The van der Waals surface area contributed by atoms with Gasteiger partial charge in [0, 0.05) is 6.21 Å². The molecule has 0 aromatic rings. The summed E-state index contributed by atoms with van der Waals surface area (Å²) >= 11 is 0. The van der Waals surface area contributed by atoms with Gasteiger partial charge in [0.1, 0.15) is 0 Å². The molecule has 0 aliphatic heterocycles. The van der Waals surface area contributed by atoms with Crippen LogP contribution in [0.5, 0.6) is 0 Å². The number of carbonyl (C=O) groups excluding carboxylic acids is 1. The van der Waals surface area contributed by atoms with Crippen molar-refractivity contribution >= 4 is 12.2 Å². The summed E-state index contributed by atoms with van der Waals surface area (Å²) in [7, 11) is 0. The Morgan fingerprint density at radius 3 is 2.69 bits per heavy atom. The van der Waals surface area contributed by atoms with Crippen molar-refractivity contribution in [1.82, 2.24) is 5.43 Å². The van der Waals surface area contributed by atoms with Crippen LogP contribution in [0, 0.1) is 0 Å². The van der Waals surface area contributed by atoms with Crippen LogP contribution in [-0.2, 0) is 0 Å². The van der Waals surface area contributed by atoms with Crippen LogP contribution in [-0.4, -0.2) is 12.2 Å². The number of nitrogens with zero attached hydrogens (tertiary/aromatic N) is 1. The van der Waals surface area contributed by atoms with E-state index in [1.807, 2.05) is 0 Å². The highest BCUT2D eigenvalue weighted by atomic mass is 16.2. The number of amides is 2. The van der Waals surface area contributed by atoms with Gasteiger partial charge in [-0.25, -0.2) is 10.2 Å². The smallest absolute Gasteiger partial charge is 0.332 e. The molecule has 0 saturated carbocycles. The van der Waals surface area contributed by atoms with Crippen molar-refractivity contribution in [2.24, 2.45) is 10.8 Å². The molecule has 0 aromatic heterocycles.